The van der Waals surface area contributed by atoms with Crippen molar-refractivity contribution in [2.75, 3.05) is 53.0 Å². The van der Waals surface area contributed by atoms with Gasteiger partial charge in [-0.25, -0.2) is 13.2 Å². The topological polar surface area (TPSA) is 125 Å². The summed E-state index contributed by atoms with van der Waals surface area (Å²) in [6, 6.07) is 4.50. The summed E-state index contributed by atoms with van der Waals surface area (Å²) in [6.45, 7) is 3.69. The van der Waals surface area contributed by atoms with Crippen LogP contribution in [0.15, 0.2) is 23.1 Å². The van der Waals surface area contributed by atoms with E-state index in [1.165, 1.54) is 23.5 Å². The highest BCUT2D eigenvalue weighted by molar-refractivity contribution is 7.89. The number of aliphatic carboxylic acids is 1. The number of nitrogens with zero attached hydrogens (tertiary/aromatic N) is 2. The fourth-order valence-electron chi connectivity index (χ4n) is 3.61. The number of alkyl halides is 3. The summed E-state index contributed by atoms with van der Waals surface area (Å²) in [5.41, 5.74) is 0. The molecule has 2 aliphatic heterocycles. The number of rotatable bonds is 8. The number of methoxy groups -OCH3 is 1. The van der Waals surface area contributed by atoms with E-state index in [4.69, 9.17) is 31.0 Å². The monoisotopic (exact) mass is 559 g/mol. The fraction of sp³-hybridized carbons (Fsp3) is 0.619. The number of sulfonamides is 1. The summed E-state index contributed by atoms with van der Waals surface area (Å²) in [4.78, 5) is 23.2. The smallest absolute Gasteiger partial charge is 0.490 e. The number of hydrogen-bond donors (Lipinski definition) is 2. The normalized spacial score (nSPS) is 18.5. The molecule has 2 aliphatic rings. The lowest BCUT2D eigenvalue weighted by Gasteiger charge is -2.29. The third-order valence-electron chi connectivity index (χ3n) is 5.46. The molecule has 204 valence electrons. The number of hydrogen-bond acceptors (Lipinski definition) is 7. The lowest BCUT2D eigenvalue weighted by atomic mass is 10.2. The molecule has 3 rings (SSSR count). The van der Waals surface area contributed by atoms with Gasteiger partial charge >= 0.3 is 12.1 Å². The Balaban J connectivity index is 0.000000572. The highest BCUT2D eigenvalue weighted by Crippen LogP contribution is 2.30. The van der Waals surface area contributed by atoms with Crippen molar-refractivity contribution >= 4 is 33.5 Å². The molecule has 2 saturated heterocycles. The lowest BCUT2D eigenvalue weighted by molar-refractivity contribution is -0.192. The number of carboxylic acid groups (broad SMARTS) is 1. The van der Waals surface area contributed by atoms with E-state index in [0.717, 1.165) is 25.9 Å². The van der Waals surface area contributed by atoms with Crippen molar-refractivity contribution < 1.29 is 45.8 Å². The second-order valence-corrected chi connectivity index (χ2v) is 10.3. The van der Waals surface area contributed by atoms with Gasteiger partial charge < -0.3 is 24.8 Å². The Morgan fingerprint density at radius 2 is 1.94 bits per heavy atom. The third kappa shape index (κ3) is 8.76. The maximum absolute atomic E-state index is 13.4. The highest BCUT2D eigenvalue weighted by atomic mass is 35.5. The summed E-state index contributed by atoms with van der Waals surface area (Å²) >= 11 is 6.05. The second kappa shape index (κ2) is 13.4. The number of carboxylic acids is 1. The first-order chi connectivity index (χ1) is 16.9. The molecule has 1 amide bonds. The molecule has 1 aromatic carbocycles. The number of carbonyl (C=O) groups is 2. The molecule has 0 radical (unpaired) electrons. The zero-order chi connectivity index (χ0) is 26.9. The van der Waals surface area contributed by atoms with Gasteiger partial charge in [0, 0.05) is 57.3 Å². The average Bonchev–Trinajstić information content (AvgIpc) is 3.35. The Morgan fingerprint density at radius 3 is 2.47 bits per heavy atom. The predicted molar refractivity (Wildman–Crippen MR) is 123 cm³/mol. The first kappa shape index (κ1) is 30.1. The van der Waals surface area contributed by atoms with Crippen LogP contribution in [0.4, 0.5) is 13.2 Å². The number of ether oxygens (including phenoxy) is 2. The van der Waals surface area contributed by atoms with E-state index in [2.05, 4.69) is 5.32 Å². The highest BCUT2D eigenvalue weighted by Gasteiger charge is 2.38. The van der Waals surface area contributed by atoms with E-state index in [9.17, 15) is 26.4 Å². The van der Waals surface area contributed by atoms with Gasteiger partial charge in [-0.3, -0.25) is 4.79 Å². The van der Waals surface area contributed by atoms with Crippen molar-refractivity contribution in [2.24, 2.45) is 0 Å². The van der Waals surface area contributed by atoms with Crippen LogP contribution in [-0.2, 0) is 24.3 Å². The minimum absolute atomic E-state index is 0.000110. The van der Waals surface area contributed by atoms with Crippen LogP contribution in [-0.4, -0.2) is 99.9 Å². The number of carbonyl (C=O) groups excluding carboxylic acids is 1. The Hall–Kier alpha value is -2.13. The standard InChI is InChI=1S/C19H28ClN3O5S.C2HF3O2/c1-27-17-5-4-15(20)13-18(17)29(25,26)23(14-16-3-2-12-28-16)9-6-19(24)22-10-7-21-8-11-22;3-2(4,5)1(6)7/h4-5,13,16,21H,2-3,6-12,14H2,1H3;(H,6,7). The van der Waals surface area contributed by atoms with Crippen molar-refractivity contribution in [1.82, 2.24) is 14.5 Å². The van der Waals surface area contributed by atoms with E-state index in [1.54, 1.807) is 11.0 Å². The molecular formula is C21H29ClF3N3O7S. The third-order valence-corrected chi connectivity index (χ3v) is 7.58. The van der Waals surface area contributed by atoms with Gasteiger partial charge in [-0.2, -0.15) is 17.5 Å². The van der Waals surface area contributed by atoms with Crippen molar-refractivity contribution in [3.05, 3.63) is 23.2 Å². The zero-order valence-corrected chi connectivity index (χ0v) is 21.2. The van der Waals surface area contributed by atoms with Gasteiger partial charge in [0.1, 0.15) is 10.6 Å². The summed E-state index contributed by atoms with van der Waals surface area (Å²) in [6.07, 6.45) is -3.44. The van der Waals surface area contributed by atoms with Crippen LogP contribution >= 0.6 is 11.6 Å². The van der Waals surface area contributed by atoms with Gasteiger partial charge in [-0.15, -0.1) is 0 Å². The Morgan fingerprint density at radius 1 is 1.31 bits per heavy atom. The maximum Gasteiger partial charge on any atom is 0.490 e. The number of piperazine rings is 1. The molecule has 0 saturated carbocycles. The molecule has 1 aromatic rings. The quantitative estimate of drug-likeness (QED) is 0.495. The molecule has 1 atom stereocenters. The average molecular weight is 560 g/mol. The Labute approximate surface area is 212 Å². The number of benzene rings is 1. The first-order valence-electron chi connectivity index (χ1n) is 11.1. The molecule has 2 N–H and O–H groups in total. The van der Waals surface area contributed by atoms with Gasteiger partial charge in [0.2, 0.25) is 15.9 Å². The van der Waals surface area contributed by atoms with Crippen molar-refractivity contribution in [3.63, 3.8) is 0 Å². The maximum atomic E-state index is 13.4. The summed E-state index contributed by atoms with van der Waals surface area (Å²) in [5, 5.41) is 10.6. The van der Waals surface area contributed by atoms with Gasteiger partial charge in [0.25, 0.3) is 0 Å². The molecule has 1 unspecified atom stereocenters. The number of amides is 1. The minimum atomic E-state index is -5.08. The fourth-order valence-corrected chi connectivity index (χ4v) is 5.50. The molecule has 36 heavy (non-hydrogen) atoms. The van der Waals surface area contributed by atoms with Crippen molar-refractivity contribution in [3.8, 4) is 5.75 Å². The Kier molecular flexibility index (Phi) is 11.2. The molecule has 15 heteroatoms. The molecular weight excluding hydrogens is 531 g/mol. The molecule has 0 bridgehead atoms. The van der Waals surface area contributed by atoms with Gasteiger partial charge in [-0.1, -0.05) is 11.6 Å². The van der Waals surface area contributed by atoms with Crippen LogP contribution in [0.3, 0.4) is 0 Å². The molecule has 10 nitrogen and oxygen atoms in total. The van der Waals surface area contributed by atoms with Gasteiger partial charge in [0.05, 0.1) is 13.2 Å². The van der Waals surface area contributed by atoms with Crippen LogP contribution < -0.4 is 10.1 Å². The van der Waals surface area contributed by atoms with Gasteiger partial charge in [-0.05, 0) is 31.0 Å². The first-order valence-corrected chi connectivity index (χ1v) is 12.9. The van der Waals surface area contributed by atoms with Crippen LogP contribution in [0.1, 0.15) is 19.3 Å². The number of nitrogens with one attached hydrogen (secondary N) is 1. The summed E-state index contributed by atoms with van der Waals surface area (Å²) in [7, 11) is -2.50. The zero-order valence-electron chi connectivity index (χ0n) is 19.6. The molecule has 2 fully saturated rings. The van der Waals surface area contributed by atoms with E-state index >= 15 is 0 Å². The molecule has 0 aliphatic carbocycles. The summed E-state index contributed by atoms with van der Waals surface area (Å²) < 4.78 is 70.8. The van der Waals surface area contributed by atoms with Crippen molar-refractivity contribution in [1.29, 1.82) is 0 Å². The summed E-state index contributed by atoms with van der Waals surface area (Å²) in [5.74, 6) is -2.58. The van der Waals surface area contributed by atoms with Crippen LogP contribution in [0.2, 0.25) is 5.02 Å². The van der Waals surface area contributed by atoms with Crippen LogP contribution in [0.25, 0.3) is 0 Å². The molecule has 0 spiro atoms. The van der Waals surface area contributed by atoms with E-state index in [1.807, 2.05) is 0 Å². The lowest BCUT2D eigenvalue weighted by Crippen LogP contribution is -2.47. The van der Waals surface area contributed by atoms with E-state index < -0.39 is 22.2 Å². The SMILES string of the molecule is COc1ccc(Cl)cc1S(=O)(=O)N(CCC(=O)N1CCNCC1)CC1CCCO1.O=C(O)C(F)(F)F. The van der Waals surface area contributed by atoms with Crippen molar-refractivity contribution in [2.45, 2.75) is 36.4 Å². The van der Waals surface area contributed by atoms with Crippen LogP contribution in [0.5, 0.6) is 5.75 Å². The minimum Gasteiger partial charge on any atom is -0.495 e. The second-order valence-electron chi connectivity index (χ2n) is 7.98. The van der Waals surface area contributed by atoms with E-state index in [0.29, 0.717) is 24.7 Å². The molecule has 0 aromatic heterocycles. The molecule has 2 heterocycles. The number of halogens is 4. The van der Waals surface area contributed by atoms with E-state index in [-0.39, 0.29) is 42.2 Å². The van der Waals surface area contributed by atoms with Crippen LogP contribution in [0, 0.1) is 0 Å². The Bertz CT molecular complexity index is 999. The largest absolute Gasteiger partial charge is 0.495 e. The predicted octanol–water partition coefficient (Wildman–Crippen LogP) is 1.97. The van der Waals surface area contributed by atoms with Gasteiger partial charge in [0.15, 0.2) is 0 Å².